The first kappa shape index (κ1) is 22.8. The van der Waals surface area contributed by atoms with E-state index in [1.165, 1.54) is 24.3 Å². The molecule has 0 fully saturated rings. The van der Waals surface area contributed by atoms with Gasteiger partial charge in [-0.2, -0.15) is 0 Å². The quantitative estimate of drug-likeness (QED) is 0.386. The van der Waals surface area contributed by atoms with E-state index in [0.717, 1.165) is 5.56 Å². The number of nitrogens with one attached hydrogen (secondary N) is 2. The highest BCUT2D eigenvalue weighted by Gasteiger charge is 2.13. The fourth-order valence-electron chi connectivity index (χ4n) is 2.83. The maximum absolute atomic E-state index is 12.6. The first-order chi connectivity index (χ1) is 15.5. The van der Waals surface area contributed by atoms with E-state index < -0.39 is 6.16 Å². The van der Waals surface area contributed by atoms with Gasteiger partial charge in [0.1, 0.15) is 5.75 Å². The number of benzene rings is 3. The maximum atomic E-state index is 12.6. The fourth-order valence-corrected chi connectivity index (χ4v) is 3.05. The van der Waals surface area contributed by atoms with Crippen molar-refractivity contribution in [3.63, 3.8) is 0 Å². The monoisotopic (exact) mass is 452 g/mol. The highest BCUT2D eigenvalue weighted by atomic mass is 35.5. The summed E-state index contributed by atoms with van der Waals surface area (Å²) in [5.41, 5.74) is 2.04. The first-order valence-electron chi connectivity index (χ1n) is 9.84. The third-order valence-corrected chi connectivity index (χ3v) is 4.73. The summed E-state index contributed by atoms with van der Waals surface area (Å²) in [7, 11) is 0. The van der Waals surface area contributed by atoms with Gasteiger partial charge in [-0.1, -0.05) is 41.9 Å². The van der Waals surface area contributed by atoms with E-state index in [2.05, 4.69) is 10.6 Å². The van der Waals surface area contributed by atoms with E-state index in [0.29, 0.717) is 21.8 Å². The van der Waals surface area contributed by atoms with E-state index in [1.807, 2.05) is 6.07 Å². The van der Waals surface area contributed by atoms with Crippen molar-refractivity contribution in [2.75, 3.05) is 11.9 Å². The summed E-state index contributed by atoms with van der Waals surface area (Å²) in [4.78, 5) is 36.4. The van der Waals surface area contributed by atoms with E-state index in [1.54, 1.807) is 49.4 Å². The Labute approximate surface area is 190 Å². The molecule has 0 saturated heterocycles. The van der Waals surface area contributed by atoms with Crippen LogP contribution in [0.15, 0.2) is 72.8 Å². The van der Waals surface area contributed by atoms with Crippen LogP contribution in [0.3, 0.4) is 0 Å². The average Bonchev–Trinajstić information content (AvgIpc) is 2.79. The molecule has 3 rings (SSSR count). The molecule has 0 radical (unpaired) electrons. The van der Waals surface area contributed by atoms with Crippen LogP contribution in [0.5, 0.6) is 5.75 Å². The van der Waals surface area contributed by atoms with Crippen LogP contribution in [0, 0.1) is 0 Å². The molecule has 0 spiro atoms. The van der Waals surface area contributed by atoms with Gasteiger partial charge >= 0.3 is 6.16 Å². The molecule has 164 valence electrons. The van der Waals surface area contributed by atoms with Crippen molar-refractivity contribution in [2.24, 2.45) is 0 Å². The molecule has 0 aromatic heterocycles. The smallest absolute Gasteiger partial charge is 0.434 e. The number of amides is 2. The zero-order valence-electron chi connectivity index (χ0n) is 17.3. The number of hydrogen-bond acceptors (Lipinski definition) is 5. The number of carbonyl (C=O) groups is 3. The van der Waals surface area contributed by atoms with E-state index in [4.69, 9.17) is 21.1 Å². The van der Waals surface area contributed by atoms with Crippen molar-refractivity contribution in [2.45, 2.75) is 13.5 Å². The number of ether oxygens (including phenoxy) is 2. The third-order valence-electron chi connectivity index (χ3n) is 4.40. The van der Waals surface area contributed by atoms with E-state index in [9.17, 15) is 14.4 Å². The molecule has 0 unspecified atom stereocenters. The Morgan fingerprint density at radius 2 is 1.56 bits per heavy atom. The Bertz CT molecular complexity index is 1120. The van der Waals surface area contributed by atoms with Crippen LogP contribution in [0.2, 0.25) is 5.02 Å². The lowest BCUT2D eigenvalue weighted by Crippen LogP contribution is -2.24. The largest absolute Gasteiger partial charge is 0.513 e. The lowest BCUT2D eigenvalue weighted by Gasteiger charge is -2.13. The van der Waals surface area contributed by atoms with Gasteiger partial charge in [0.2, 0.25) is 0 Å². The summed E-state index contributed by atoms with van der Waals surface area (Å²) in [5, 5.41) is 6.00. The highest BCUT2D eigenvalue weighted by Crippen LogP contribution is 2.20. The van der Waals surface area contributed by atoms with Gasteiger partial charge in [0.05, 0.1) is 17.2 Å². The summed E-state index contributed by atoms with van der Waals surface area (Å²) in [6.45, 7) is 2.08. The lowest BCUT2D eigenvalue weighted by atomic mass is 10.1. The SMILES string of the molecule is CCOC(=O)Oc1ccc(C(=O)NCc2ccccc2NC(=O)c2ccccc2Cl)cc1. The minimum absolute atomic E-state index is 0.193. The number of anilines is 1. The minimum Gasteiger partial charge on any atom is -0.434 e. The maximum Gasteiger partial charge on any atom is 0.513 e. The summed E-state index contributed by atoms with van der Waals surface area (Å²) in [5.74, 6) is -0.390. The van der Waals surface area contributed by atoms with Crippen LogP contribution in [-0.2, 0) is 11.3 Å². The Morgan fingerprint density at radius 3 is 2.28 bits per heavy atom. The van der Waals surface area contributed by atoms with Gasteiger partial charge in [0.25, 0.3) is 11.8 Å². The van der Waals surface area contributed by atoms with Crippen LogP contribution in [-0.4, -0.2) is 24.6 Å². The van der Waals surface area contributed by atoms with Crippen LogP contribution in [0.1, 0.15) is 33.2 Å². The van der Waals surface area contributed by atoms with Crippen molar-refractivity contribution in [3.05, 3.63) is 94.5 Å². The summed E-state index contributed by atoms with van der Waals surface area (Å²) < 4.78 is 9.68. The van der Waals surface area contributed by atoms with Crippen LogP contribution < -0.4 is 15.4 Å². The molecule has 0 saturated carbocycles. The van der Waals surface area contributed by atoms with Gasteiger partial charge in [0, 0.05) is 17.8 Å². The van der Waals surface area contributed by atoms with Gasteiger partial charge < -0.3 is 20.1 Å². The molecule has 32 heavy (non-hydrogen) atoms. The zero-order chi connectivity index (χ0) is 22.9. The van der Waals surface area contributed by atoms with Crippen molar-refractivity contribution in [1.29, 1.82) is 0 Å². The molecule has 8 heteroatoms. The summed E-state index contributed by atoms with van der Waals surface area (Å²) >= 11 is 6.10. The molecule has 7 nitrogen and oxygen atoms in total. The van der Waals surface area contributed by atoms with E-state index in [-0.39, 0.29) is 30.7 Å². The van der Waals surface area contributed by atoms with Gasteiger partial charge in [-0.05, 0) is 55.0 Å². The molecule has 3 aromatic rings. The van der Waals surface area contributed by atoms with Crippen LogP contribution in [0.25, 0.3) is 0 Å². The Hall–Kier alpha value is -3.84. The minimum atomic E-state index is -0.805. The molecule has 2 amide bonds. The van der Waals surface area contributed by atoms with E-state index >= 15 is 0 Å². The first-order valence-corrected chi connectivity index (χ1v) is 10.2. The highest BCUT2D eigenvalue weighted by molar-refractivity contribution is 6.34. The van der Waals surface area contributed by atoms with Crippen LogP contribution >= 0.6 is 11.6 Å². The number of rotatable bonds is 7. The number of hydrogen-bond donors (Lipinski definition) is 2. The molecule has 2 N–H and O–H groups in total. The van der Waals surface area contributed by atoms with Crippen molar-refractivity contribution in [3.8, 4) is 5.75 Å². The fraction of sp³-hybridized carbons (Fsp3) is 0.125. The molecule has 0 aliphatic heterocycles. The van der Waals surface area contributed by atoms with Gasteiger partial charge in [-0.3, -0.25) is 9.59 Å². The van der Waals surface area contributed by atoms with Gasteiger partial charge in [0.15, 0.2) is 0 Å². The third kappa shape index (κ3) is 6.09. The molecule has 3 aromatic carbocycles. The predicted octanol–water partition coefficient (Wildman–Crippen LogP) is 5.06. The predicted molar refractivity (Wildman–Crippen MR) is 121 cm³/mol. The zero-order valence-corrected chi connectivity index (χ0v) is 18.0. The second kappa shape index (κ2) is 11.0. The number of carbonyl (C=O) groups excluding carboxylic acids is 3. The number of para-hydroxylation sites is 1. The number of halogens is 1. The summed E-state index contributed by atoms with van der Waals surface area (Å²) in [6, 6.07) is 20.0. The van der Waals surface area contributed by atoms with Gasteiger partial charge in [-0.15, -0.1) is 0 Å². The molecule has 0 aliphatic carbocycles. The second-order valence-corrected chi connectivity index (χ2v) is 6.99. The molecule has 0 aliphatic rings. The lowest BCUT2D eigenvalue weighted by molar-refractivity contribution is 0.0950. The van der Waals surface area contributed by atoms with Crippen LogP contribution in [0.4, 0.5) is 10.5 Å². The normalized spacial score (nSPS) is 10.2. The van der Waals surface area contributed by atoms with Gasteiger partial charge in [-0.25, -0.2) is 4.79 Å². The second-order valence-electron chi connectivity index (χ2n) is 6.58. The van der Waals surface area contributed by atoms with Crippen molar-refractivity contribution < 1.29 is 23.9 Å². The Morgan fingerprint density at radius 1 is 0.875 bits per heavy atom. The van der Waals surface area contributed by atoms with Crippen molar-refractivity contribution in [1.82, 2.24) is 5.32 Å². The molecular formula is C24H21ClN2O5. The molecular weight excluding hydrogens is 432 g/mol. The standard InChI is InChI=1S/C24H21ClN2O5/c1-2-31-24(30)32-18-13-11-16(12-14-18)22(28)26-15-17-7-3-6-10-21(17)27-23(29)19-8-4-5-9-20(19)25/h3-14H,2,15H2,1H3,(H,26,28)(H,27,29). The Kier molecular flexibility index (Phi) is 7.83. The van der Waals surface area contributed by atoms with Crippen molar-refractivity contribution >= 4 is 35.3 Å². The topological polar surface area (TPSA) is 93.7 Å². The average molecular weight is 453 g/mol. The molecule has 0 heterocycles. The summed E-state index contributed by atoms with van der Waals surface area (Å²) in [6.07, 6.45) is -0.805. The molecule has 0 bridgehead atoms. The Balaban J connectivity index is 1.62. The molecule has 0 atom stereocenters.